The van der Waals surface area contributed by atoms with E-state index in [1.54, 1.807) is 23.7 Å². The molecule has 1 amide bonds. The summed E-state index contributed by atoms with van der Waals surface area (Å²) in [6.45, 7) is 2.28. The maximum Gasteiger partial charge on any atom is 0.255 e. The summed E-state index contributed by atoms with van der Waals surface area (Å²) in [5.74, 6) is 0.873. The third kappa shape index (κ3) is 3.91. The van der Waals surface area contributed by atoms with E-state index in [1.165, 1.54) is 0 Å². The molecule has 0 spiro atoms. The first kappa shape index (κ1) is 17.2. The van der Waals surface area contributed by atoms with E-state index in [2.05, 4.69) is 10.1 Å². The highest BCUT2D eigenvalue weighted by atomic mass is 32.2. The van der Waals surface area contributed by atoms with Gasteiger partial charge in [-0.1, -0.05) is 41.1 Å². The fraction of sp³-hybridized carbons (Fsp3) is 0.211. The van der Waals surface area contributed by atoms with Gasteiger partial charge in [-0.05, 0) is 31.4 Å². The number of hydrogen-bond acceptors (Lipinski definition) is 5. The summed E-state index contributed by atoms with van der Waals surface area (Å²) in [6, 6.07) is 15.5. The van der Waals surface area contributed by atoms with E-state index in [0.29, 0.717) is 17.3 Å². The first-order valence-corrected chi connectivity index (χ1v) is 9.09. The van der Waals surface area contributed by atoms with Crippen molar-refractivity contribution in [3.05, 3.63) is 65.5 Å². The van der Waals surface area contributed by atoms with E-state index >= 15 is 0 Å². The molecule has 0 atom stereocenters. The molecule has 0 fully saturated rings. The second-order valence-electron chi connectivity index (χ2n) is 5.74. The number of aromatic nitrogens is 2. The van der Waals surface area contributed by atoms with Crippen molar-refractivity contribution in [2.75, 3.05) is 13.3 Å². The van der Waals surface area contributed by atoms with Crippen molar-refractivity contribution in [2.45, 2.75) is 18.4 Å². The standard InChI is InChI=1S/C19H19N3O2S/c1-13-7-6-8-14(11-13)18-20-17(24-21-18)12-22(2)19(23)15-9-4-5-10-16(15)25-3/h4-11H,12H2,1-3H3. The number of carbonyl (C=O) groups is 1. The van der Waals surface area contributed by atoms with Gasteiger partial charge in [0.25, 0.3) is 5.91 Å². The average Bonchev–Trinajstić information content (AvgIpc) is 3.09. The van der Waals surface area contributed by atoms with E-state index in [4.69, 9.17) is 4.52 Å². The molecule has 25 heavy (non-hydrogen) atoms. The van der Waals surface area contributed by atoms with Gasteiger partial charge in [0.2, 0.25) is 11.7 Å². The Labute approximate surface area is 151 Å². The minimum absolute atomic E-state index is 0.0692. The summed E-state index contributed by atoms with van der Waals surface area (Å²) in [7, 11) is 1.73. The third-order valence-corrected chi connectivity index (χ3v) is 4.60. The van der Waals surface area contributed by atoms with Crippen molar-refractivity contribution in [3.63, 3.8) is 0 Å². The van der Waals surface area contributed by atoms with Crippen molar-refractivity contribution < 1.29 is 9.32 Å². The van der Waals surface area contributed by atoms with Crippen LogP contribution in [-0.2, 0) is 6.54 Å². The predicted octanol–water partition coefficient (Wildman–Crippen LogP) is 4.04. The molecule has 1 heterocycles. The minimum atomic E-state index is -0.0692. The van der Waals surface area contributed by atoms with E-state index in [1.807, 2.05) is 61.7 Å². The number of amides is 1. The number of carbonyl (C=O) groups excluding carboxylic acids is 1. The summed E-state index contributed by atoms with van der Waals surface area (Å²) in [5.41, 5.74) is 2.71. The summed E-state index contributed by atoms with van der Waals surface area (Å²) in [6.07, 6.45) is 1.96. The van der Waals surface area contributed by atoms with Crippen LogP contribution in [0.5, 0.6) is 0 Å². The highest BCUT2D eigenvalue weighted by Gasteiger charge is 2.18. The van der Waals surface area contributed by atoms with Crippen molar-refractivity contribution in [1.29, 1.82) is 0 Å². The zero-order valence-corrected chi connectivity index (χ0v) is 15.2. The molecule has 3 rings (SSSR count). The zero-order chi connectivity index (χ0) is 17.8. The van der Waals surface area contributed by atoms with Crippen LogP contribution >= 0.6 is 11.8 Å². The monoisotopic (exact) mass is 353 g/mol. The molecule has 1 aromatic heterocycles. The van der Waals surface area contributed by atoms with Crippen LogP contribution in [0.4, 0.5) is 0 Å². The van der Waals surface area contributed by atoms with E-state index < -0.39 is 0 Å². The molecular formula is C19H19N3O2S. The van der Waals surface area contributed by atoms with E-state index in [0.717, 1.165) is 16.0 Å². The van der Waals surface area contributed by atoms with Gasteiger partial charge in [0.1, 0.15) is 0 Å². The number of benzene rings is 2. The molecule has 3 aromatic rings. The Bertz CT molecular complexity index is 892. The second kappa shape index (κ2) is 7.53. The molecule has 0 saturated carbocycles. The van der Waals surface area contributed by atoms with Crippen LogP contribution < -0.4 is 0 Å². The number of rotatable bonds is 5. The molecular weight excluding hydrogens is 334 g/mol. The minimum Gasteiger partial charge on any atom is -0.337 e. The largest absolute Gasteiger partial charge is 0.337 e. The average molecular weight is 353 g/mol. The smallest absolute Gasteiger partial charge is 0.255 e. The summed E-state index contributed by atoms with van der Waals surface area (Å²) in [5, 5.41) is 4.02. The molecule has 2 aromatic carbocycles. The van der Waals surface area contributed by atoms with Crippen molar-refractivity contribution in [1.82, 2.24) is 15.0 Å². The summed E-state index contributed by atoms with van der Waals surface area (Å²) < 4.78 is 5.31. The van der Waals surface area contributed by atoms with E-state index in [9.17, 15) is 4.79 Å². The van der Waals surface area contributed by atoms with Crippen molar-refractivity contribution in [2.24, 2.45) is 0 Å². The first-order valence-electron chi connectivity index (χ1n) is 7.86. The predicted molar refractivity (Wildman–Crippen MR) is 98.5 cm³/mol. The molecule has 0 radical (unpaired) electrons. The molecule has 0 bridgehead atoms. The van der Waals surface area contributed by atoms with Crippen LogP contribution in [0.15, 0.2) is 57.9 Å². The lowest BCUT2D eigenvalue weighted by Crippen LogP contribution is -2.26. The molecule has 0 saturated heterocycles. The quantitative estimate of drug-likeness (QED) is 0.648. The zero-order valence-electron chi connectivity index (χ0n) is 14.4. The Hall–Kier alpha value is -2.60. The lowest BCUT2D eigenvalue weighted by Gasteiger charge is -2.16. The van der Waals surface area contributed by atoms with Gasteiger partial charge in [-0.3, -0.25) is 4.79 Å². The molecule has 5 nitrogen and oxygen atoms in total. The number of thioether (sulfide) groups is 1. The summed E-state index contributed by atoms with van der Waals surface area (Å²) in [4.78, 5) is 19.6. The highest BCUT2D eigenvalue weighted by molar-refractivity contribution is 7.98. The van der Waals surface area contributed by atoms with Gasteiger partial charge in [0.15, 0.2) is 0 Å². The van der Waals surface area contributed by atoms with Gasteiger partial charge < -0.3 is 9.42 Å². The lowest BCUT2D eigenvalue weighted by molar-refractivity contribution is 0.0766. The van der Waals surface area contributed by atoms with Gasteiger partial charge in [-0.2, -0.15) is 4.98 Å². The Morgan fingerprint density at radius 2 is 2.00 bits per heavy atom. The molecule has 0 aliphatic rings. The topological polar surface area (TPSA) is 59.2 Å². The van der Waals surface area contributed by atoms with Crippen molar-refractivity contribution >= 4 is 17.7 Å². The molecule has 0 N–H and O–H groups in total. The molecule has 0 aliphatic heterocycles. The van der Waals surface area contributed by atoms with Crippen LogP contribution in [-0.4, -0.2) is 34.3 Å². The van der Waals surface area contributed by atoms with Gasteiger partial charge in [0.05, 0.1) is 12.1 Å². The Morgan fingerprint density at radius 3 is 2.76 bits per heavy atom. The third-order valence-electron chi connectivity index (χ3n) is 3.80. The van der Waals surface area contributed by atoms with Gasteiger partial charge >= 0.3 is 0 Å². The van der Waals surface area contributed by atoms with Gasteiger partial charge in [-0.25, -0.2) is 0 Å². The van der Waals surface area contributed by atoms with Crippen LogP contribution in [0.1, 0.15) is 21.8 Å². The molecule has 128 valence electrons. The molecule has 0 unspecified atom stereocenters. The van der Waals surface area contributed by atoms with E-state index in [-0.39, 0.29) is 12.5 Å². The summed E-state index contributed by atoms with van der Waals surface area (Å²) >= 11 is 1.55. The maximum atomic E-state index is 12.7. The van der Waals surface area contributed by atoms with Crippen LogP contribution in [0, 0.1) is 6.92 Å². The molecule has 6 heteroatoms. The van der Waals surface area contributed by atoms with Crippen LogP contribution in [0.2, 0.25) is 0 Å². The number of nitrogens with zero attached hydrogens (tertiary/aromatic N) is 3. The number of hydrogen-bond donors (Lipinski definition) is 0. The fourth-order valence-corrected chi connectivity index (χ4v) is 3.11. The lowest BCUT2D eigenvalue weighted by atomic mass is 10.1. The van der Waals surface area contributed by atoms with Crippen molar-refractivity contribution in [3.8, 4) is 11.4 Å². The van der Waals surface area contributed by atoms with Gasteiger partial charge in [-0.15, -0.1) is 11.8 Å². The maximum absolute atomic E-state index is 12.7. The Morgan fingerprint density at radius 1 is 1.20 bits per heavy atom. The second-order valence-corrected chi connectivity index (χ2v) is 6.59. The fourth-order valence-electron chi connectivity index (χ4n) is 2.52. The molecule has 0 aliphatic carbocycles. The SMILES string of the molecule is CSc1ccccc1C(=O)N(C)Cc1nc(-c2cccc(C)c2)no1. The Kier molecular flexibility index (Phi) is 5.19. The normalized spacial score (nSPS) is 10.7. The van der Waals surface area contributed by atoms with Crippen LogP contribution in [0.3, 0.4) is 0 Å². The highest BCUT2D eigenvalue weighted by Crippen LogP contribution is 2.22. The van der Waals surface area contributed by atoms with Crippen LogP contribution in [0.25, 0.3) is 11.4 Å². The van der Waals surface area contributed by atoms with Gasteiger partial charge in [0, 0.05) is 17.5 Å². The first-order chi connectivity index (χ1) is 12.1. The Balaban J connectivity index is 1.75. The number of aryl methyl sites for hydroxylation is 1.